The van der Waals surface area contributed by atoms with Gasteiger partial charge in [-0.05, 0) is 32.4 Å². The van der Waals surface area contributed by atoms with Crippen LogP contribution in [0.1, 0.15) is 37.2 Å². The van der Waals surface area contributed by atoms with Crippen molar-refractivity contribution < 1.29 is 13.9 Å². The van der Waals surface area contributed by atoms with Crippen molar-refractivity contribution in [3.8, 4) is 0 Å². The highest BCUT2D eigenvalue weighted by atomic mass is 32.2. The second-order valence-corrected chi connectivity index (χ2v) is 6.20. The number of hydrogen-bond acceptors (Lipinski definition) is 6. The first-order chi connectivity index (χ1) is 8.63. The number of anilines is 1. The van der Waals surface area contributed by atoms with Crippen LogP contribution in [0.15, 0.2) is 10.7 Å². The molecule has 1 N–H and O–H groups in total. The quantitative estimate of drug-likeness (QED) is 0.830. The monoisotopic (exact) mass is 270 g/mol. The topological polar surface area (TPSA) is 64.4 Å². The predicted octanol–water partition coefficient (Wildman–Crippen LogP) is 2.55. The molecule has 0 saturated carbocycles. The minimum atomic E-state index is -0.448. The number of carbonyl (C=O) groups excluding carboxylic acids is 1. The molecule has 2 rings (SSSR count). The number of esters is 1. The van der Waals surface area contributed by atoms with E-state index in [-0.39, 0.29) is 10.4 Å². The van der Waals surface area contributed by atoms with Gasteiger partial charge in [0.1, 0.15) is 6.26 Å². The number of nitrogens with zero attached hydrogens (tertiary/aromatic N) is 1. The van der Waals surface area contributed by atoms with Gasteiger partial charge in [-0.25, -0.2) is 4.79 Å². The van der Waals surface area contributed by atoms with Crippen molar-refractivity contribution in [3.63, 3.8) is 0 Å². The van der Waals surface area contributed by atoms with Gasteiger partial charge in [-0.3, -0.25) is 0 Å². The summed E-state index contributed by atoms with van der Waals surface area (Å²) in [6.45, 7) is 5.12. The summed E-state index contributed by atoms with van der Waals surface area (Å²) in [5.74, 6) is 0.758. The number of nitrogens with one attached hydrogen (secondary N) is 1. The molecule has 0 spiro atoms. The van der Waals surface area contributed by atoms with Crippen LogP contribution in [0.2, 0.25) is 0 Å². The van der Waals surface area contributed by atoms with Crippen LogP contribution < -0.4 is 5.32 Å². The average molecular weight is 270 g/mol. The van der Waals surface area contributed by atoms with Crippen molar-refractivity contribution in [1.82, 2.24) is 4.98 Å². The lowest BCUT2D eigenvalue weighted by Gasteiger charge is -2.21. The molecule has 1 aromatic rings. The van der Waals surface area contributed by atoms with E-state index in [1.165, 1.54) is 24.9 Å². The minimum absolute atomic E-state index is 0.212. The average Bonchev–Trinajstić information content (AvgIpc) is 2.96. The Labute approximate surface area is 111 Å². The number of rotatable bonds is 5. The zero-order valence-electron chi connectivity index (χ0n) is 10.7. The summed E-state index contributed by atoms with van der Waals surface area (Å²) in [7, 11) is 0. The van der Waals surface area contributed by atoms with Crippen LogP contribution in [-0.4, -0.2) is 34.6 Å². The molecule has 5 nitrogen and oxygen atoms in total. The Morgan fingerprint density at radius 3 is 3.22 bits per heavy atom. The van der Waals surface area contributed by atoms with Gasteiger partial charge in [0.25, 0.3) is 6.01 Å². The van der Waals surface area contributed by atoms with Gasteiger partial charge in [0.05, 0.1) is 6.61 Å². The fourth-order valence-corrected chi connectivity index (χ4v) is 3.14. The van der Waals surface area contributed by atoms with Gasteiger partial charge in [-0.1, -0.05) is 0 Å². The number of aromatic nitrogens is 1. The van der Waals surface area contributed by atoms with Crippen molar-refractivity contribution in [1.29, 1.82) is 0 Å². The fourth-order valence-electron chi connectivity index (χ4n) is 1.89. The molecule has 1 aliphatic heterocycles. The smallest absolute Gasteiger partial charge is 0.360 e. The molecule has 1 unspecified atom stereocenters. The molecule has 1 fully saturated rings. The molecular formula is C12H18N2O3S. The number of carbonyl (C=O) groups is 1. The van der Waals surface area contributed by atoms with Crippen molar-refractivity contribution in [3.05, 3.63) is 12.0 Å². The van der Waals surface area contributed by atoms with E-state index in [9.17, 15) is 4.79 Å². The number of hydrogen-bond donors (Lipinski definition) is 1. The van der Waals surface area contributed by atoms with E-state index in [0.29, 0.717) is 12.6 Å². The molecule has 1 saturated heterocycles. The molecule has 1 aliphatic rings. The first-order valence-electron chi connectivity index (χ1n) is 6.13. The molecule has 18 heavy (non-hydrogen) atoms. The normalized spacial score (nSPS) is 23.0. The van der Waals surface area contributed by atoms with E-state index in [4.69, 9.17) is 9.15 Å². The maximum atomic E-state index is 11.4. The predicted molar refractivity (Wildman–Crippen MR) is 71.0 cm³/mol. The van der Waals surface area contributed by atoms with Crippen molar-refractivity contribution in [2.75, 3.05) is 24.2 Å². The van der Waals surface area contributed by atoms with Gasteiger partial charge in [-0.2, -0.15) is 16.7 Å². The molecule has 0 aliphatic carbocycles. The molecule has 0 radical (unpaired) electrons. The number of thioether (sulfide) groups is 1. The summed E-state index contributed by atoms with van der Waals surface area (Å²) in [6.07, 6.45) is 3.77. The summed E-state index contributed by atoms with van der Waals surface area (Å²) >= 11 is 1.96. The first kappa shape index (κ1) is 13.3. The van der Waals surface area contributed by atoms with Crippen LogP contribution in [0, 0.1) is 0 Å². The molecule has 6 heteroatoms. The van der Waals surface area contributed by atoms with Gasteiger partial charge in [0.2, 0.25) is 0 Å². The van der Waals surface area contributed by atoms with E-state index in [1.54, 1.807) is 6.92 Å². The summed E-state index contributed by atoms with van der Waals surface area (Å²) in [5, 5.41) is 3.14. The lowest BCUT2D eigenvalue weighted by Crippen LogP contribution is -2.27. The minimum Gasteiger partial charge on any atom is -0.461 e. The van der Waals surface area contributed by atoms with Crippen molar-refractivity contribution >= 4 is 23.7 Å². The van der Waals surface area contributed by atoms with Crippen LogP contribution >= 0.6 is 11.8 Å². The van der Waals surface area contributed by atoms with Crippen molar-refractivity contribution in [2.45, 2.75) is 31.4 Å². The van der Waals surface area contributed by atoms with Gasteiger partial charge in [0, 0.05) is 11.3 Å². The largest absolute Gasteiger partial charge is 0.461 e. The number of oxazole rings is 1. The Morgan fingerprint density at radius 2 is 2.56 bits per heavy atom. The first-order valence-corrected chi connectivity index (χ1v) is 7.12. The summed E-state index contributed by atoms with van der Waals surface area (Å²) in [4.78, 5) is 15.5. The van der Waals surface area contributed by atoms with E-state index in [2.05, 4.69) is 17.2 Å². The van der Waals surface area contributed by atoms with E-state index in [0.717, 1.165) is 6.54 Å². The summed E-state index contributed by atoms with van der Waals surface area (Å²) < 4.78 is 10.3. The molecule has 100 valence electrons. The van der Waals surface area contributed by atoms with Crippen LogP contribution in [0.3, 0.4) is 0 Å². The third-order valence-corrected chi connectivity index (χ3v) is 4.44. The van der Waals surface area contributed by atoms with Crippen LogP contribution in [-0.2, 0) is 4.74 Å². The van der Waals surface area contributed by atoms with E-state index in [1.807, 2.05) is 11.8 Å². The third-order valence-electron chi connectivity index (χ3n) is 2.90. The fraction of sp³-hybridized carbons (Fsp3) is 0.667. The Hall–Kier alpha value is -1.17. The lowest BCUT2D eigenvalue weighted by molar-refractivity contribution is 0.0519. The summed E-state index contributed by atoms with van der Waals surface area (Å²) in [5.41, 5.74) is 0.212. The van der Waals surface area contributed by atoms with Crippen LogP contribution in [0.25, 0.3) is 0 Å². The molecule has 0 aromatic carbocycles. The van der Waals surface area contributed by atoms with Crippen molar-refractivity contribution in [2.24, 2.45) is 0 Å². The highest BCUT2D eigenvalue weighted by Gasteiger charge is 2.29. The Bertz CT molecular complexity index is 413. The molecule has 1 atom stereocenters. The highest BCUT2D eigenvalue weighted by molar-refractivity contribution is 8.00. The van der Waals surface area contributed by atoms with E-state index < -0.39 is 5.97 Å². The van der Waals surface area contributed by atoms with Crippen LogP contribution in [0.4, 0.5) is 6.01 Å². The molecule has 0 amide bonds. The third kappa shape index (κ3) is 3.19. The maximum absolute atomic E-state index is 11.4. The lowest BCUT2D eigenvalue weighted by atomic mass is 10.1. The second-order valence-electron chi connectivity index (χ2n) is 4.51. The SMILES string of the molecule is CCOC(=O)c1coc(NCC2(C)CCCS2)n1. The number of ether oxygens (including phenoxy) is 1. The van der Waals surface area contributed by atoms with Crippen LogP contribution in [0.5, 0.6) is 0 Å². The molecule has 1 aromatic heterocycles. The van der Waals surface area contributed by atoms with Gasteiger partial charge in [0.15, 0.2) is 5.69 Å². The second kappa shape index (κ2) is 5.65. The highest BCUT2D eigenvalue weighted by Crippen LogP contribution is 2.37. The molecule has 0 bridgehead atoms. The summed E-state index contributed by atoms with van der Waals surface area (Å²) in [6, 6.07) is 0.381. The standard InChI is InChI=1S/C12H18N2O3S/c1-3-16-10(15)9-7-17-11(14-9)13-8-12(2)5-4-6-18-12/h7H,3-6,8H2,1-2H3,(H,13,14). The maximum Gasteiger partial charge on any atom is 0.360 e. The Balaban J connectivity index is 1.88. The van der Waals surface area contributed by atoms with Gasteiger partial charge >= 0.3 is 5.97 Å². The van der Waals surface area contributed by atoms with Gasteiger partial charge < -0.3 is 14.5 Å². The zero-order valence-corrected chi connectivity index (χ0v) is 11.5. The Kier molecular flexibility index (Phi) is 4.16. The van der Waals surface area contributed by atoms with Gasteiger partial charge in [-0.15, -0.1) is 0 Å². The van der Waals surface area contributed by atoms with E-state index >= 15 is 0 Å². The zero-order chi connectivity index (χ0) is 13.0. The Morgan fingerprint density at radius 1 is 1.72 bits per heavy atom. The molecular weight excluding hydrogens is 252 g/mol. The molecule has 2 heterocycles.